The van der Waals surface area contributed by atoms with Gasteiger partial charge in [0.25, 0.3) is 0 Å². The highest BCUT2D eigenvalue weighted by Crippen LogP contribution is 2.27. The Labute approximate surface area is 136 Å². The molecular weight excluding hydrogens is 328 g/mol. The largest absolute Gasteiger partial charge is 0.468 e. The summed E-state index contributed by atoms with van der Waals surface area (Å²) in [5.74, 6) is -3.10. The lowest BCUT2D eigenvalue weighted by molar-refractivity contribution is -0.149. The molecule has 0 radical (unpaired) electrons. The van der Waals surface area contributed by atoms with Crippen molar-refractivity contribution < 1.29 is 50.1 Å². The van der Waals surface area contributed by atoms with Crippen molar-refractivity contribution in [3.8, 4) is 0 Å². The maximum atomic E-state index is 12.4. The first-order valence-electron chi connectivity index (χ1n) is 7.13. The topological polar surface area (TPSA) is 192 Å². The quantitative estimate of drug-likeness (QED) is 0.207. The summed E-state index contributed by atoms with van der Waals surface area (Å²) in [6.07, 6.45) is -10.6. The minimum Gasteiger partial charge on any atom is -0.468 e. The number of hydrogen-bond donors (Lipinski definition) is 8. The molecule has 138 valence electrons. The van der Waals surface area contributed by atoms with E-state index >= 15 is 0 Å². The molecule has 7 atom stereocenters. The van der Waals surface area contributed by atoms with Gasteiger partial charge in [-0.1, -0.05) is 0 Å². The number of aliphatic hydroxyl groups excluding tert-OH is 8. The van der Waals surface area contributed by atoms with E-state index in [9.17, 15) is 35.4 Å². The zero-order valence-electron chi connectivity index (χ0n) is 12.6. The molecule has 0 saturated carbocycles. The standard InChI is InChI=1S/C14H22O10/c15-4-6(17)10(19)12(21)9(8-2-1-3-24-8)13(22)14(23)11(20)7(18)5-16/h1-3,6-7,9-12,14-21,23H,4-5H2/t6?,7-,9?,10?,11+,12?,14-/m1/s1. The molecule has 0 bridgehead atoms. The third-order valence-corrected chi connectivity index (χ3v) is 3.63. The second-order valence-electron chi connectivity index (χ2n) is 5.31. The van der Waals surface area contributed by atoms with Crippen LogP contribution < -0.4 is 0 Å². The lowest BCUT2D eigenvalue weighted by Gasteiger charge is -2.29. The van der Waals surface area contributed by atoms with Crippen molar-refractivity contribution in [2.75, 3.05) is 13.2 Å². The number of furan rings is 1. The summed E-state index contributed by atoms with van der Waals surface area (Å²) >= 11 is 0. The Morgan fingerprint density at radius 1 is 0.917 bits per heavy atom. The van der Waals surface area contributed by atoms with Crippen molar-refractivity contribution in [1.29, 1.82) is 0 Å². The van der Waals surface area contributed by atoms with Crippen LogP contribution in [0.4, 0.5) is 0 Å². The molecule has 10 heteroatoms. The smallest absolute Gasteiger partial charge is 0.177 e. The van der Waals surface area contributed by atoms with Crippen LogP contribution >= 0.6 is 0 Å². The fourth-order valence-corrected chi connectivity index (χ4v) is 2.15. The molecule has 0 saturated heterocycles. The summed E-state index contributed by atoms with van der Waals surface area (Å²) in [6.45, 7) is -1.82. The SMILES string of the molecule is O=C(C(c1ccco1)C(O)C(O)C(O)CO)[C@H](O)[C@@H](O)[C@H](O)CO. The average molecular weight is 350 g/mol. The zero-order valence-corrected chi connectivity index (χ0v) is 12.6. The van der Waals surface area contributed by atoms with E-state index in [1.165, 1.54) is 12.1 Å². The van der Waals surface area contributed by atoms with E-state index in [0.717, 1.165) is 6.26 Å². The molecule has 0 aromatic carbocycles. The van der Waals surface area contributed by atoms with Gasteiger partial charge in [-0.05, 0) is 12.1 Å². The van der Waals surface area contributed by atoms with E-state index in [-0.39, 0.29) is 5.76 Å². The molecule has 0 fully saturated rings. The third kappa shape index (κ3) is 4.59. The van der Waals surface area contributed by atoms with E-state index in [0.29, 0.717) is 0 Å². The molecule has 0 aliphatic heterocycles. The number of Topliss-reactive ketones (excluding diaryl/α,β-unsaturated/α-hetero) is 1. The van der Waals surface area contributed by atoms with E-state index in [2.05, 4.69) is 0 Å². The first-order chi connectivity index (χ1) is 11.3. The van der Waals surface area contributed by atoms with Gasteiger partial charge in [0.2, 0.25) is 0 Å². The van der Waals surface area contributed by atoms with Gasteiger partial charge >= 0.3 is 0 Å². The van der Waals surface area contributed by atoms with Crippen LogP contribution in [0.25, 0.3) is 0 Å². The minimum absolute atomic E-state index is 0.179. The first kappa shape index (κ1) is 20.7. The first-order valence-corrected chi connectivity index (χ1v) is 7.13. The predicted molar refractivity (Wildman–Crippen MR) is 76.7 cm³/mol. The van der Waals surface area contributed by atoms with Crippen molar-refractivity contribution in [2.45, 2.75) is 42.5 Å². The average Bonchev–Trinajstić information content (AvgIpc) is 3.12. The maximum absolute atomic E-state index is 12.4. The molecule has 0 spiro atoms. The van der Waals surface area contributed by atoms with Gasteiger partial charge in [-0.25, -0.2) is 0 Å². The van der Waals surface area contributed by atoms with Crippen molar-refractivity contribution in [3.05, 3.63) is 24.2 Å². The molecular formula is C14H22O10. The van der Waals surface area contributed by atoms with Gasteiger partial charge in [0.15, 0.2) is 5.78 Å². The normalized spacial score (nSPS) is 20.7. The highest BCUT2D eigenvalue weighted by atomic mass is 16.4. The van der Waals surface area contributed by atoms with Crippen LogP contribution in [0.3, 0.4) is 0 Å². The van der Waals surface area contributed by atoms with E-state index in [1.807, 2.05) is 0 Å². The molecule has 1 aromatic rings. The fourth-order valence-electron chi connectivity index (χ4n) is 2.15. The Bertz CT molecular complexity index is 490. The number of aliphatic hydroxyl groups is 8. The maximum Gasteiger partial charge on any atom is 0.177 e. The van der Waals surface area contributed by atoms with Crippen molar-refractivity contribution in [2.24, 2.45) is 0 Å². The van der Waals surface area contributed by atoms with Crippen LogP contribution in [0, 0.1) is 0 Å². The molecule has 1 heterocycles. The van der Waals surface area contributed by atoms with Crippen LogP contribution in [-0.4, -0.2) is 96.5 Å². The summed E-state index contributed by atoms with van der Waals surface area (Å²) in [7, 11) is 0. The van der Waals surface area contributed by atoms with Crippen LogP contribution in [0.15, 0.2) is 22.8 Å². The van der Waals surface area contributed by atoms with E-state index < -0.39 is 61.5 Å². The molecule has 0 amide bonds. The second-order valence-corrected chi connectivity index (χ2v) is 5.31. The van der Waals surface area contributed by atoms with Crippen LogP contribution in [-0.2, 0) is 4.79 Å². The molecule has 0 aliphatic rings. The van der Waals surface area contributed by atoms with Crippen LogP contribution in [0.2, 0.25) is 0 Å². The number of carbonyl (C=O) groups excluding carboxylic acids is 1. The molecule has 0 aliphatic carbocycles. The van der Waals surface area contributed by atoms with Crippen LogP contribution in [0.5, 0.6) is 0 Å². The number of carbonyl (C=O) groups is 1. The lowest BCUT2D eigenvalue weighted by atomic mass is 9.85. The second kappa shape index (κ2) is 9.20. The number of ketones is 1. The Balaban J connectivity index is 3.08. The highest BCUT2D eigenvalue weighted by Gasteiger charge is 2.43. The van der Waals surface area contributed by atoms with Gasteiger partial charge in [-0.15, -0.1) is 0 Å². The fraction of sp³-hybridized carbons (Fsp3) is 0.643. The van der Waals surface area contributed by atoms with Crippen LogP contribution in [0.1, 0.15) is 11.7 Å². The Morgan fingerprint density at radius 2 is 1.46 bits per heavy atom. The van der Waals surface area contributed by atoms with Gasteiger partial charge in [-0.3, -0.25) is 4.79 Å². The molecule has 24 heavy (non-hydrogen) atoms. The molecule has 1 rings (SSSR count). The summed E-state index contributed by atoms with van der Waals surface area (Å²) in [5.41, 5.74) is 0. The Hall–Kier alpha value is -1.37. The van der Waals surface area contributed by atoms with E-state index in [4.69, 9.17) is 14.6 Å². The summed E-state index contributed by atoms with van der Waals surface area (Å²) in [5, 5.41) is 75.7. The molecule has 10 nitrogen and oxygen atoms in total. The van der Waals surface area contributed by atoms with Gasteiger partial charge in [0, 0.05) is 0 Å². The van der Waals surface area contributed by atoms with Crippen molar-refractivity contribution in [3.63, 3.8) is 0 Å². The lowest BCUT2D eigenvalue weighted by Crippen LogP contribution is -2.50. The summed E-state index contributed by atoms with van der Waals surface area (Å²) < 4.78 is 4.98. The van der Waals surface area contributed by atoms with E-state index in [1.54, 1.807) is 0 Å². The Morgan fingerprint density at radius 3 is 1.92 bits per heavy atom. The monoisotopic (exact) mass is 350 g/mol. The van der Waals surface area contributed by atoms with Gasteiger partial charge in [-0.2, -0.15) is 0 Å². The van der Waals surface area contributed by atoms with Crippen molar-refractivity contribution >= 4 is 5.78 Å². The number of hydrogen-bond acceptors (Lipinski definition) is 10. The van der Waals surface area contributed by atoms with Crippen molar-refractivity contribution in [1.82, 2.24) is 0 Å². The summed E-state index contributed by atoms with van der Waals surface area (Å²) in [6, 6.07) is 2.62. The van der Waals surface area contributed by atoms with Gasteiger partial charge in [0.05, 0.1) is 25.6 Å². The molecule has 4 unspecified atom stereocenters. The molecule has 8 N–H and O–H groups in total. The minimum atomic E-state index is -2.21. The highest BCUT2D eigenvalue weighted by molar-refractivity contribution is 5.90. The summed E-state index contributed by atoms with van der Waals surface area (Å²) in [4.78, 5) is 12.4. The number of rotatable bonds is 10. The third-order valence-electron chi connectivity index (χ3n) is 3.63. The zero-order chi connectivity index (χ0) is 18.4. The van der Waals surface area contributed by atoms with Gasteiger partial charge < -0.3 is 45.3 Å². The Kier molecular flexibility index (Phi) is 7.93. The van der Waals surface area contributed by atoms with Gasteiger partial charge in [0.1, 0.15) is 42.2 Å². The molecule has 1 aromatic heterocycles. The predicted octanol–water partition coefficient (Wildman–Crippen LogP) is -3.92.